The van der Waals surface area contributed by atoms with Gasteiger partial charge in [-0.05, 0) is 22.0 Å². The van der Waals surface area contributed by atoms with Gasteiger partial charge in [0.2, 0.25) is 0 Å². The number of nitrogen functional groups attached to an aromatic ring is 1. The first-order valence-electron chi connectivity index (χ1n) is 3.75. The third-order valence-corrected chi connectivity index (χ3v) is 2.52. The average molecular weight is 239 g/mol. The zero-order chi connectivity index (χ0) is 9.42. The van der Waals surface area contributed by atoms with Crippen molar-refractivity contribution in [1.82, 2.24) is 4.98 Å². The second-order valence-corrected chi connectivity index (χ2v) is 3.61. The number of nitrogens with two attached hydrogens (primary N) is 1. The molecule has 0 unspecified atom stereocenters. The van der Waals surface area contributed by atoms with Gasteiger partial charge >= 0.3 is 0 Å². The lowest BCUT2D eigenvalue weighted by Crippen LogP contribution is -2.06. The normalized spacial score (nSPS) is 10.5. The lowest BCUT2D eigenvalue weighted by atomic mass is 10.2. The molecule has 0 aliphatic rings. The summed E-state index contributed by atoms with van der Waals surface area (Å²) in [6.07, 6.45) is 0. The second-order valence-electron chi connectivity index (χ2n) is 2.75. The Kier molecular flexibility index (Phi) is 1.84. The fourth-order valence-electron chi connectivity index (χ4n) is 1.27. The van der Waals surface area contributed by atoms with E-state index < -0.39 is 0 Å². The van der Waals surface area contributed by atoms with Gasteiger partial charge in [0.15, 0.2) is 0 Å². The first-order valence-corrected chi connectivity index (χ1v) is 4.55. The summed E-state index contributed by atoms with van der Waals surface area (Å²) < 4.78 is 0.842. The SMILES string of the molecule is Nc1cc(=O)[nH]c2c(Br)cccc12. The molecule has 0 spiro atoms. The van der Waals surface area contributed by atoms with Gasteiger partial charge in [-0.2, -0.15) is 0 Å². The van der Waals surface area contributed by atoms with Gasteiger partial charge in [-0.15, -0.1) is 0 Å². The Morgan fingerprint density at radius 1 is 1.38 bits per heavy atom. The molecule has 2 aromatic rings. The summed E-state index contributed by atoms with van der Waals surface area (Å²) >= 11 is 3.34. The van der Waals surface area contributed by atoms with Crippen LogP contribution >= 0.6 is 15.9 Å². The van der Waals surface area contributed by atoms with Crippen LogP contribution in [0.25, 0.3) is 10.9 Å². The van der Waals surface area contributed by atoms with Gasteiger partial charge in [0.05, 0.1) is 5.52 Å². The Labute approximate surface area is 82.7 Å². The number of aromatic nitrogens is 1. The molecule has 13 heavy (non-hydrogen) atoms. The van der Waals surface area contributed by atoms with Crippen LogP contribution in [0.2, 0.25) is 0 Å². The fraction of sp³-hybridized carbons (Fsp3) is 0. The van der Waals surface area contributed by atoms with E-state index in [4.69, 9.17) is 5.73 Å². The summed E-state index contributed by atoms with van der Waals surface area (Å²) in [5.41, 5.74) is 6.74. The van der Waals surface area contributed by atoms with Crippen molar-refractivity contribution in [1.29, 1.82) is 0 Å². The van der Waals surface area contributed by atoms with Crippen LogP contribution in [0.15, 0.2) is 33.5 Å². The molecule has 1 aromatic heterocycles. The minimum absolute atomic E-state index is 0.183. The number of nitrogens with one attached hydrogen (secondary N) is 1. The van der Waals surface area contributed by atoms with Crippen LogP contribution < -0.4 is 11.3 Å². The zero-order valence-corrected chi connectivity index (χ0v) is 8.26. The number of hydrogen-bond donors (Lipinski definition) is 2. The maximum atomic E-state index is 11.1. The predicted octanol–water partition coefficient (Wildman–Crippen LogP) is 1.87. The summed E-state index contributed by atoms with van der Waals surface area (Å²) in [5.74, 6) is 0. The summed E-state index contributed by atoms with van der Waals surface area (Å²) in [6.45, 7) is 0. The van der Waals surface area contributed by atoms with Crippen molar-refractivity contribution in [2.45, 2.75) is 0 Å². The molecule has 66 valence electrons. The van der Waals surface area contributed by atoms with Crippen LogP contribution in [-0.2, 0) is 0 Å². The van der Waals surface area contributed by atoms with E-state index in [2.05, 4.69) is 20.9 Å². The number of pyridine rings is 1. The van der Waals surface area contributed by atoms with Crippen molar-refractivity contribution in [2.75, 3.05) is 5.73 Å². The molecular weight excluding hydrogens is 232 g/mol. The van der Waals surface area contributed by atoms with Gasteiger partial charge in [-0.25, -0.2) is 0 Å². The minimum Gasteiger partial charge on any atom is -0.398 e. The molecule has 0 atom stereocenters. The molecule has 0 saturated carbocycles. The Morgan fingerprint density at radius 3 is 2.92 bits per heavy atom. The Balaban J connectivity index is 3.03. The minimum atomic E-state index is -0.183. The predicted molar refractivity (Wildman–Crippen MR) is 56.7 cm³/mol. The fourth-order valence-corrected chi connectivity index (χ4v) is 1.74. The molecule has 0 aliphatic carbocycles. The Bertz CT molecular complexity index is 518. The first kappa shape index (κ1) is 8.31. The third-order valence-electron chi connectivity index (χ3n) is 1.86. The molecular formula is C9H7BrN2O. The number of aromatic amines is 1. The maximum absolute atomic E-state index is 11.1. The lowest BCUT2D eigenvalue weighted by molar-refractivity contribution is 1.30. The molecule has 3 nitrogen and oxygen atoms in total. The van der Waals surface area contributed by atoms with E-state index in [-0.39, 0.29) is 5.56 Å². The highest BCUT2D eigenvalue weighted by molar-refractivity contribution is 9.10. The second kappa shape index (κ2) is 2.88. The van der Waals surface area contributed by atoms with Crippen LogP contribution in [0.3, 0.4) is 0 Å². The molecule has 1 aromatic carbocycles. The third kappa shape index (κ3) is 1.33. The molecule has 1 heterocycles. The molecule has 0 radical (unpaired) electrons. The number of rotatable bonds is 0. The van der Waals surface area contributed by atoms with Crippen LogP contribution in [-0.4, -0.2) is 4.98 Å². The molecule has 0 fully saturated rings. The molecule has 0 bridgehead atoms. The first-order chi connectivity index (χ1) is 6.18. The van der Waals surface area contributed by atoms with E-state index in [0.29, 0.717) is 5.69 Å². The van der Waals surface area contributed by atoms with E-state index in [1.807, 2.05) is 18.2 Å². The number of anilines is 1. The van der Waals surface area contributed by atoms with Gasteiger partial charge in [0, 0.05) is 21.6 Å². The van der Waals surface area contributed by atoms with E-state index in [0.717, 1.165) is 15.4 Å². The number of para-hydroxylation sites is 1. The Hall–Kier alpha value is -1.29. The highest BCUT2D eigenvalue weighted by Gasteiger charge is 2.01. The van der Waals surface area contributed by atoms with Gasteiger partial charge in [0.1, 0.15) is 0 Å². The Morgan fingerprint density at radius 2 is 2.15 bits per heavy atom. The quantitative estimate of drug-likeness (QED) is 0.737. The highest BCUT2D eigenvalue weighted by atomic mass is 79.9. The molecule has 0 amide bonds. The van der Waals surface area contributed by atoms with Gasteiger partial charge in [-0.3, -0.25) is 4.79 Å². The van der Waals surface area contributed by atoms with Crippen LogP contribution in [0.4, 0.5) is 5.69 Å². The van der Waals surface area contributed by atoms with E-state index in [1.54, 1.807) is 0 Å². The number of halogens is 1. The standard InChI is InChI=1S/C9H7BrN2O/c10-6-3-1-2-5-7(11)4-8(13)12-9(5)6/h1-4H,(H3,11,12,13). The van der Waals surface area contributed by atoms with Crippen LogP contribution in [0.5, 0.6) is 0 Å². The number of benzene rings is 1. The van der Waals surface area contributed by atoms with E-state index in [9.17, 15) is 4.79 Å². The van der Waals surface area contributed by atoms with Crippen molar-refractivity contribution in [3.63, 3.8) is 0 Å². The lowest BCUT2D eigenvalue weighted by Gasteiger charge is -2.02. The van der Waals surface area contributed by atoms with Crippen molar-refractivity contribution in [3.8, 4) is 0 Å². The van der Waals surface area contributed by atoms with Gasteiger partial charge < -0.3 is 10.7 Å². The van der Waals surface area contributed by atoms with E-state index >= 15 is 0 Å². The molecule has 2 rings (SSSR count). The smallest absolute Gasteiger partial charge is 0.250 e. The maximum Gasteiger partial charge on any atom is 0.250 e. The highest BCUT2D eigenvalue weighted by Crippen LogP contribution is 2.23. The average Bonchev–Trinajstić information content (AvgIpc) is 2.07. The van der Waals surface area contributed by atoms with Crippen LogP contribution in [0, 0.1) is 0 Å². The van der Waals surface area contributed by atoms with Crippen molar-refractivity contribution < 1.29 is 0 Å². The van der Waals surface area contributed by atoms with Crippen molar-refractivity contribution >= 4 is 32.5 Å². The molecule has 0 saturated heterocycles. The number of fused-ring (bicyclic) bond motifs is 1. The van der Waals surface area contributed by atoms with Crippen LogP contribution in [0.1, 0.15) is 0 Å². The summed E-state index contributed by atoms with van der Waals surface area (Å²) in [4.78, 5) is 13.8. The topological polar surface area (TPSA) is 58.9 Å². The van der Waals surface area contributed by atoms with Gasteiger partial charge in [-0.1, -0.05) is 12.1 Å². The van der Waals surface area contributed by atoms with Gasteiger partial charge in [0.25, 0.3) is 5.56 Å². The summed E-state index contributed by atoms with van der Waals surface area (Å²) in [5, 5.41) is 0.856. The monoisotopic (exact) mass is 238 g/mol. The van der Waals surface area contributed by atoms with E-state index in [1.165, 1.54) is 6.07 Å². The van der Waals surface area contributed by atoms with Crippen molar-refractivity contribution in [2.24, 2.45) is 0 Å². The molecule has 3 N–H and O–H groups in total. The zero-order valence-electron chi connectivity index (χ0n) is 6.67. The molecule has 0 aliphatic heterocycles. The number of hydrogen-bond acceptors (Lipinski definition) is 2. The van der Waals surface area contributed by atoms with Crippen molar-refractivity contribution in [3.05, 3.63) is 39.1 Å². The number of H-pyrrole nitrogens is 1. The summed E-state index contributed by atoms with van der Waals surface area (Å²) in [6, 6.07) is 6.99. The summed E-state index contributed by atoms with van der Waals surface area (Å²) in [7, 11) is 0. The largest absolute Gasteiger partial charge is 0.398 e. The molecule has 4 heteroatoms.